The van der Waals surface area contributed by atoms with E-state index < -0.39 is 0 Å². The van der Waals surface area contributed by atoms with Crippen LogP contribution >= 0.6 is 11.6 Å². The van der Waals surface area contributed by atoms with Crippen LogP contribution in [0.15, 0.2) is 36.4 Å². The fraction of sp³-hybridized carbons (Fsp3) is 0.333. The number of aryl methyl sites for hydroxylation is 2. The first-order chi connectivity index (χ1) is 10.1. The fourth-order valence-electron chi connectivity index (χ4n) is 2.53. The second-order valence-corrected chi connectivity index (χ2v) is 5.65. The molecule has 2 aromatic carbocycles. The molecule has 0 radical (unpaired) electrons. The molecule has 0 spiro atoms. The molecule has 1 unspecified atom stereocenters. The molecule has 0 aliphatic rings. The molecule has 3 heteroatoms. The molecule has 1 atom stereocenters. The molecule has 0 bridgehead atoms. The summed E-state index contributed by atoms with van der Waals surface area (Å²) in [7, 11) is 1.65. The predicted molar refractivity (Wildman–Crippen MR) is 89.4 cm³/mol. The van der Waals surface area contributed by atoms with Crippen LogP contribution in [0.25, 0.3) is 0 Å². The minimum Gasteiger partial charge on any atom is -0.497 e. The molecule has 0 amide bonds. The summed E-state index contributed by atoms with van der Waals surface area (Å²) in [4.78, 5) is 0. The van der Waals surface area contributed by atoms with Crippen LogP contribution in [-0.4, -0.2) is 13.7 Å². The van der Waals surface area contributed by atoms with E-state index in [1.807, 2.05) is 18.2 Å². The zero-order valence-corrected chi connectivity index (χ0v) is 13.8. The Morgan fingerprint density at radius 2 is 1.86 bits per heavy atom. The van der Waals surface area contributed by atoms with Crippen LogP contribution in [0.2, 0.25) is 5.02 Å². The third kappa shape index (κ3) is 3.58. The summed E-state index contributed by atoms with van der Waals surface area (Å²) in [6.07, 6.45) is 0. The number of hydrogen-bond acceptors (Lipinski definition) is 2. The van der Waals surface area contributed by atoms with Gasteiger partial charge in [-0.25, -0.2) is 0 Å². The highest BCUT2D eigenvalue weighted by atomic mass is 35.5. The molecule has 0 saturated carbocycles. The van der Waals surface area contributed by atoms with Crippen LogP contribution < -0.4 is 10.1 Å². The topological polar surface area (TPSA) is 21.3 Å². The number of methoxy groups -OCH3 is 1. The van der Waals surface area contributed by atoms with E-state index in [0.717, 1.165) is 22.9 Å². The number of halogens is 1. The van der Waals surface area contributed by atoms with Gasteiger partial charge in [0, 0.05) is 5.02 Å². The average molecular weight is 304 g/mol. The molecule has 2 aromatic rings. The SMILES string of the molecule is CCNC(c1cc(C)ccc1C)c1ccc(OC)cc1Cl. The Balaban J connectivity index is 2.50. The lowest BCUT2D eigenvalue weighted by Gasteiger charge is -2.23. The van der Waals surface area contributed by atoms with E-state index in [4.69, 9.17) is 16.3 Å². The smallest absolute Gasteiger partial charge is 0.120 e. The highest BCUT2D eigenvalue weighted by molar-refractivity contribution is 6.31. The number of rotatable bonds is 5. The lowest BCUT2D eigenvalue weighted by molar-refractivity contribution is 0.414. The van der Waals surface area contributed by atoms with Crippen LogP contribution in [0.5, 0.6) is 5.75 Å². The lowest BCUT2D eigenvalue weighted by atomic mass is 9.93. The molecule has 21 heavy (non-hydrogen) atoms. The van der Waals surface area contributed by atoms with Gasteiger partial charge in [-0.2, -0.15) is 0 Å². The normalized spacial score (nSPS) is 12.2. The van der Waals surface area contributed by atoms with E-state index in [1.54, 1.807) is 7.11 Å². The summed E-state index contributed by atoms with van der Waals surface area (Å²) in [5, 5.41) is 4.26. The Kier molecular flexibility index (Phi) is 5.27. The van der Waals surface area contributed by atoms with Gasteiger partial charge in [0.2, 0.25) is 0 Å². The predicted octanol–water partition coefficient (Wildman–Crippen LogP) is 4.66. The number of hydrogen-bond donors (Lipinski definition) is 1. The van der Waals surface area contributed by atoms with Gasteiger partial charge in [-0.05, 0) is 49.2 Å². The summed E-state index contributed by atoms with van der Waals surface area (Å²) in [5.41, 5.74) is 4.86. The molecular formula is C18H22ClNO. The fourth-order valence-corrected chi connectivity index (χ4v) is 2.81. The van der Waals surface area contributed by atoms with Gasteiger partial charge in [0.05, 0.1) is 13.2 Å². The first-order valence-electron chi connectivity index (χ1n) is 7.20. The van der Waals surface area contributed by atoms with E-state index in [-0.39, 0.29) is 6.04 Å². The van der Waals surface area contributed by atoms with Gasteiger partial charge in [-0.3, -0.25) is 0 Å². The Bertz CT molecular complexity index is 625. The van der Waals surface area contributed by atoms with Crippen molar-refractivity contribution < 1.29 is 4.74 Å². The first kappa shape index (κ1) is 15.9. The Labute approximate surface area is 132 Å². The molecule has 0 aromatic heterocycles. The molecule has 2 nitrogen and oxygen atoms in total. The molecule has 0 aliphatic carbocycles. The van der Waals surface area contributed by atoms with Crippen molar-refractivity contribution >= 4 is 11.6 Å². The third-order valence-corrected chi connectivity index (χ3v) is 4.00. The molecule has 2 rings (SSSR count). The van der Waals surface area contributed by atoms with Crippen molar-refractivity contribution in [1.29, 1.82) is 0 Å². The largest absolute Gasteiger partial charge is 0.497 e. The van der Waals surface area contributed by atoms with Gasteiger partial charge in [-0.15, -0.1) is 0 Å². The zero-order valence-electron chi connectivity index (χ0n) is 13.0. The maximum atomic E-state index is 6.46. The van der Waals surface area contributed by atoms with Crippen molar-refractivity contribution in [3.63, 3.8) is 0 Å². The second kappa shape index (κ2) is 6.97. The summed E-state index contributed by atoms with van der Waals surface area (Å²) in [6.45, 7) is 7.23. The van der Waals surface area contributed by atoms with Crippen LogP contribution in [0.3, 0.4) is 0 Å². The van der Waals surface area contributed by atoms with Crippen LogP contribution in [0.1, 0.15) is 35.2 Å². The van der Waals surface area contributed by atoms with Crippen LogP contribution in [0, 0.1) is 13.8 Å². The van der Waals surface area contributed by atoms with Gasteiger partial charge in [0.15, 0.2) is 0 Å². The minimum atomic E-state index is 0.0910. The standard InChI is InChI=1S/C18H22ClNO/c1-5-20-18(16-10-12(2)6-7-13(16)3)15-9-8-14(21-4)11-17(15)19/h6-11,18,20H,5H2,1-4H3. The number of benzene rings is 2. The average Bonchev–Trinajstić information content (AvgIpc) is 2.48. The van der Waals surface area contributed by atoms with E-state index in [1.165, 1.54) is 16.7 Å². The van der Waals surface area contributed by atoms with Gasteiger partial charge in [-0.1, -0.05) is 48.4 Å². The Hall–Kier alpha value is -1.51. The van der Waals surface area contributed by atoms with Crippen LogP contribution in [0.4, 0.5) is 0 Å². The summed E-state index contributed by atoms with van der Waals surface area (Å²) in [6, 6.07) is 12.5. The minimum absolute atomic E-state index is 0.0910. The number of nitrogens with one attached hydrogen (secondary N) is 1. The van der Waals surface area contributed by atoms with Crippen molar-refractivity contribution in [1.82, 2.24) is 5.32 Å². The maximum Gasteiger partial charge on any atom is 0.120 e. The molecule has 112 valence electrons. The van der Waals surface area contributed by atoms with Gasteiger partial charge in [0.25, 0.3) is 0 Å². The quantitative estimate of drug-likeness (QED) is 0.867. The summed E-state index contributed by atoms with van der Waals surface area (Å²) in [5.74, 6) is 0.778. The molecule has 1 N–H and O–H groups in total. The highest BCUT2D eigenvalue weighted by Gasteiger charge is 2.18. The molecule has 0 aliphatic heterocycles. The Morgan fingerprint density at radius 3 is 2.48 bits per heavy atom. The molecule has 0 saturated heterocycles. The van der Waals surface area contributed by atoms with E-state index in [0.29, 0.717) is 0 Å². The second-order valence-electron chi connectivity index (χ2n) is 5.24. The van der Waals surface area contributed by atoms with Crippen molar-refractivity contribution in [2.24, 2.45) is 0 Å². The Morgan fingerprint density at radius 1 is 1.10 bits per heavy atom. The van der Waals surface area contributed by atoms with Crippen molar-refractivity contribution in [2.75, 3.05) is 13.7 Å². The maximum absolute atomic E-state index is 6.46. The van der Waals surface area contributed by atoms with Crippen molar-refractivity contribution in [3.8, 4) is 5.75 Å². The van der Waals surface area contributed by atoms with E-state index >= 15 is 0 Å². The van der Waals surface area contributed by atoms with Gasteiger partial charge >= 0.3 is 0 Å². The molecule has 0 fully saturated rings. The lowest BCUT2D eigenvalue weighted by Crippen LogP contribution is -2.23. The third-order valence-electron chi connectivity index (χ3n) is 3.67. The van der Waals surface area contributed by atoms with Crippen LogP contribution in [-0.2, 0) is 0 Å². The highest BCUT2D eigenvalue weighted by Crippen LogP contribution is 2.32. The van der Waals surface area contributed by atoms with Gasteiger partial charge in [0.1, 0.15) is 5.75 Å². The first-order valence-corrected chi connectivity index (χ1v) is 7.58. The molecular weight excluding hydrogens is 282 g/mol. The molecule has 0 heterocycles. The monoisotopic (exact) mass is 303 g/mol. The van der Waals surface area contributed by atoms with E-state index in [9.17, 15) is 0 Å². The van der Waals surface area contributed by atoms with Gasteiger partial charge < -0.3 is 10.1 Å². The zero-order chi connectivity index (χ0) is 15.4. The number of ether oxygens (including phenoxy) is 1. The van der Waals surface area contributed by atoms with E-state index in [2.05, 4.69) is 44.3 Å². The van der Waals surface area contributed by atoms with Crippen molar-refractivity contribution in [2.45, 2.75) is 26.8 Å². The summed E-state index contributed by atoms with van der Waals surface area (Å²) >= 11 is 6.46. The van der Waals surface area contributed by atoms with Crippen molar-refractivity contribution in [3.05, 3.63) is 63.7 Å². The summed E-state index contributed by atoms with van der Waals surface area (Å²) < 4.78 is 5.23.